The zero-order valence-electron chi connectivity index (χ0n) is 9.20. The Morgan fingerprint density at radius 3 is 1.62 bits per heavy atom. The van der Waals surface area contributed by atoms with Gasteiger partial charge < -0.3 is 9.47 Å². The minimum atomic E-state index is -0.370. The van der Waals surface area contributed by atoms with Crippen LogP contribution in [0.2, 0.25) is 0 Å². The second-order valence-corrected chi connectivity index (χ2v) is 3.75. The van der Waals surface area contributed by atoms with Crippen molar-refractivity contribution in [3.05, 3.63) is 34.4 Å². The molecule has 2 bridgehead atoms. The molecule has 2 heterocycles. The van der Waals surface area contributed by atoms with Crippen molar-refractivity contribution in [2.24, 2.45) is 0 Å². The van der Waals surface area contributed by atoms with Crippen LogP contribution in [0.4, 0.5) is 0 Å². The van der Waals surface area contributed by atoms with Crippen molar-refractivity contribution in [2.45, 2.75) is 13.8 Å². The van der Waals surface area contributed by atoms with E-state index in [9.17, 15) is 9.59 Å². The Balaban J connectivity index is 2.59. The third kappa shape index (κ3) is 1.78. The molecule has 0 aliphatic carbocycles. The lowest BCUT2D eigenvalue weighted by Gasteiger charge is -2.14. The summed E-state index contributed by atoms with van der Waals surface area (Å²) in [5.41, 5.74) is 2.47. The highest BCUT2D eigenvalue weighted by Gasteiger charge is 2.19. The summed E-state index contributed by atoms with van der Waals surface area (Å²) < 4.78 is 9.93. The summed E-state index contributed by atoms with van der Waals surface area (Å²) in [4.78, 5) is 23.3. The summed E-state index contributed by atoms with van der Waals surface area (Å²) in [6, 6.07) is 3.33. The number of hydrogen-bond donors (Lipinski definition) is 0. The van der Waals surface area contributed by atoms with Crippen LogP contribution in [0, 0.1) is 13.8 Å². The third-order valence-corrected chi connectivity index (χ3v) is 2.56. The van der Waals surface area contributed by atoms with Gasteiger partial charge in [-0.1, -0.05) is 0 Å². The van der Waals surface area contributed by atoms with E-state index in [1.165, 1.54) is 0 Å². The Hall–Kier alpha value is -1.84. The number of fused-ring (bicyclic) bond motifs is 7. The van der Waals surface area contributed by atoms with Gasteiger partial charge in [0.25, 0.3) is 0 Å². The van der Waals surface area contributed by atoms with E-state index in [1.54, 1.807) is 26.0 Å². The molecule has 2 aliphatic rings. The fraction of sp³-hybridized carbons (Fsp3) is 0.333. The molecule has 3 rings (SSSR count). The van der Waals surface area contributed by atoms with E-state index < -0.39 is 0 Å². The van der Waals surface area contributed by atoms with Crippen molar-refractivity contribution < 1.29 is 19.1 Å². The van der Waals surface area contributed by atoms with Crippen LogP contribution < -0.4 is 0 Å². The number of rotatable bonds is 0. The van der Waals surface area contributed by atoms with Crippen molar-refractivity contribution in [1.82, 2.24) is 0 Å². The molecule has 4 nitrogen and oxygen atoms in total. The van der Waals surface area contributed by atoms with Gasteiger partial charge in [0.1, 0.15) is 13.2 Å². The van der Waals surface area contributed by atoms with Gasteiger partial charge in [-0.05, 0) is 37.1 Å². The Kier molecular flexibility index (Phi) is 2.64. The molecule has 84 valence electrons. The van der Waals surface area contributed by atoms with E-state index in [0.29, 0.717) is 11.1 Å². The maximum Gasteiger partial charge on any atom is 0.338 e. The number of hydrogen-bond acceptors (Lipinski definition) is 4. The Labute approximate surface area is 93.2 Å². The number of benzene rings is 1. The normalized spacial score (nSPS) is 15.6. The molecule has 4 heteroatoms. The average molecular weight is 220 g/mol. The minimum Gasteiger partial charge on any atom is -0.458 e. The van der Waals surface area contributed by atoms with Crippen LogP contribution in [0.25, 0.3) is 0 Å². The lowest BCUT2D eigenvalue weighted by Crippen LogP contribution is -2.19. The van der Waals surface area contributed by atoms with Crippen molar-refractivity contribution in [1.29, 1.82) is 0 Å². The fourth-order valence-electron chi connectivity index (χ4n) is 1.68. The van der Waals surface area contributed by atoms with E-state index in [-0.39, 0.29) is 25.2 Å². The molecule has 0 N–H and O–H groups in total. The van der Waals surface area contributed by atoms with E-state index in [4.69, 9.17) is 9.47 Å². The van der Waals surface area contributed by atoms with Crippen molar-refractivity contribution in [3.63, 3.8) is 0 Å². The van der Waals surface area contributed by atoms with Gasteiger partial charge in [0.15, 0.2) is 0 Å². The molecule has 0 amide bonds. The standard InChI is InChI=1S/C12H12O4/c1-7-5-10-8(2)6-9(7)11(13)15-3-4-16-12(10)14/h5-6H,3-4H2,1-2H3. The predicted octanol–water partition coefficient (Wildman–Crippen LogP) is 1.63. The predicted molar refractivity (Wildman–Crippen MR) is 56.5 cm³/mol. The summed E-state index contributed by atoms with van der Waals surface area (Å²) in [6.07, 6.45) is 0. The number of aryl methyl sites for hydroxylation is 2. The summed E-state index contributed by atoms with van der Waals surface area (Å²) >= 11 is 0. The molecule has 0 aromatic heterocycles. The maximum atomic E-state index is 11.6. The Morgan fingerprint density at radius 1 is 0.875 bits per heavy atom. The summed E-state index contributed by atoms with van der Waals surface area (Å²) in [6.45, 7) is 3.74. The molecule has 1 aromatic rings. The molecule has 1 aromatic carbocycles. The number of esters is 2. The van der Waals surface area contributed by atoms with Crippen LogP contribution in [-0.4, -0.2) is 25.2 Å². The highest BCUT2D eigenvalue weighted by molar-refractivity contribution is 5.96. The molecule has 16 heavy (non-hydrogen) atoms. The van der Waals surface area contributed by atoms with Crippen LogP contribution >= 0.6 is 0 Å². The summed E-state index contributed by atoms with van der Waals surface area (Å²) in [5, 5.41) is 0. The molecule has 0 saturated heterocycles. The first-order valence-electron chi connectivity index (χ1n) is 5.05. The molecule has 0 unspecified atom stereocenters. The molecule has 0 atom stereocenters. The average Bonchev–Trinajstić information content (AvgIpc) is 2.25. The highest BCUT2D eigenvalue weighted by atomic mass is 16.6. The summed E-state index contributed by atoms with van der Waals surface area (Å²) in [7, 11) is 0. The van der Waals surface area contributed by atoms with Crippen molar-refractivity contribution >= 4 is 11.9 Å². The molecular formula is C12H12O4. The molecule has 2 aliphatic heterocycles. The van der Waals surface area contributed by atoms with Gasteiger partial charge in [-0.2, -0.15) is 0 Å². The topological polar surface area (TPSA) is 52.6 Å². The quantitative estimate of drug-likeness (QED) is 0.623. The molecule has 0 fully saturated rings. The molecule has 0 spiro atoms. The third-order valence-electron chi connectivity index (χ3n) is 2.56. The van der Waals surface area contributed by atoms with Crippen LogP contribution in [0.1, 0.15) is 31.8 Å². The van der Waals surface area contributed by atoms with E-state index in [1.807, 2.05) is 0 Å². The fourth-order valence-corrected chi connectivity index (χ4v) is 1.68. The SMILES string of the molecule is Cc1cc2c(C)cc1C(=O)OCCOC2=O. The smallest absolute Gasteiger partial charge is 0.338 e. The van der Waals surface area contributed by atoms with Gasteiger partial charge in [-0.3, -0.25) is 0 Å². The monoisotopic (exact) mass is 220 g/mol. The van der Waals surface area contributed by atoms with Gasteiger partial charge in [-0.25, -0.2) is 9.59 Å². The van der Waals surface area contributed by atoms with Crippen LogP contribution in [0.5, 0.6) is 0 Å². The van der Waals surface area contributed by atoms with Gasteiger partial charge in [0, 0.05) is 0 Å². The zero-order chi connectivity index (χ0) is 11.7. The maximum absolute atomic E-state index is 11.6. The van der Waals surface area contributed by atoms with Gasteiger partial charge in [-0.15, -0.1) is 0 Å². The van der Waals surface area contributed by atoms with Crippen molar-refractivity contribution in [3.8, 4) is 0 Å². The Bertz CT molecular complexity index is 419. The minimum absolute atomic E-state index is 0.0987. The van der Waals surface area contributed by atoms with Crippen LogP contribution in [0.3, 0.4) is 0 Å². The second-order valence-electron chi connectivity index (χ2n) is 3.75. The first-order chi connectivity index (χ1) is 7.59. The van der Waals surface area contributed by atoms with Crippen LogP contribution in [-0.2, 0) is 9.47 Å². The van der Waals surface area contributed by atoms with Gasteiger partial charge in [0.2, 0.25) is 0 Å². The lowest BCUT2D eigenvalue weighted by molar-refractivity contribution is 0.0258. The first kappa shape index (κ1) is 10.7. The van der Waals surface area contributed by atoms with Crippen molar-refractivity contribution in [2.75, 3.05) is 13.2 Å². The zero-order valence-corrected chi connectivity index (χ0v) is 9.20. The lowest BCUT2D eigenvalue weighted by atomic mass is 10.00. The van der Waals surface area contributed by atoms with E-state index in [2.05, 4.69) is 0 Å². The number of ether oxygens (including phenoxy) is 2. The van der Waals surface area contributed by atoms with Gasteiger partial charge in [0.05, 0.1) is 11.1 Å². The molecule has 0 radical (unpaired) electrons. The summed E-state index contributed by atoms with van der Waals surface area (Å²) in [5.74, 6) is -0.741. The molecular weight excluding hydrogens is 208 g/mol. The highest BCUT2D eigenvalue weighted by Crippen LogP contribution is 2.19. The molecule has 0 saturated carbocycles. The van der Waals surface area contributed by atoms with E-state index >= 15 is 0 Å². The first-order valence-corrected chi connectivity index (χ1v) is 5.05. The number of carbonyl (C=O) groups excluding carboxylic acids is 2. The number of carbonyl (C=O) groups is 2. The largest absolute Gasteiger partial charge is 0.458 e. The Morgan fingerprint density at radius 2 is 1.25 bits per heavy atom. The van der Waals surface area contributed by atoms with E-state index in [0.717, 1.165) is 11.1 Å². The van der Waals surface area contributed by atoms with Crippen LogP contribution in [0.15, 0.2) is 12.1 Å². The second kappa shape index (κ2) is 3.96. The van der Waals surface area contributed by atoms with Gasteiger partial charge >= 0.3 is 11.9 Å².